The maximum Gasteiger partial charge on any atom is 0.208 e. The molecule has 1 aromatic rings. The van der Waals surface area contributed by atoms with Crippen LogP contribution in [0.5, 0.6) is 0 Å². The van der Waals surface area contributed by atoms with E-state index in [1.165, 1.54) is 38.9 Å². The van der Waals surface area contributed by atoms with Gasteiger partial charge in [0.1, 0.15) is 5.76 Å². The first-order chi connectivity index (χ1) is 9.30. The lowest BCUT2D eigenvalue weighted by Gasteiger charge is -2.43. The molecular weight excluding hydrogens is 238 g/mol. The Morgan fingerprint density at radius 1 is 1.37 bits per heavy atom. The lowest BCUT2D eigenvalue weighted by molar-refractivity contribution is 0.0379. The molecule has 0 amide bonds. The fraction of sp³-hybridized carbons (Fsp3) is 0.800. The van der Waals surface area contributed by atoms with Crippen LogP contribution in [-0.2, 0) is 13.0 Å². The summed E-state index contributed by atoms with van der Waals surface area (Å²) in [6.45, 7) is 8.99. The van der Waals surface area contributed by atoms with Crippen molar-refractivity contribution in [2.24, 2.45) is 0 Å². The Morgan fingerprint density at radius 3 is 3.00 bits per heavy atom. The summed E-state index contributed by atoms with van der Waals surface area (Å²) in [7, 11) is 0. The van der Waals surface area contributed by atoms with Gasteiger partial charge in [0.2, 0.25) is 5.89 Å². The molecule has 1 aromatic heterocycles. The SMILES string of the molecule is CCc1cnc(CN2CC3CCCN3CC2CC)o1. The molecule has 4 heteroatoms. The quantitative estimate of drug-likeness (QED) is 0.834. The van der Waals surface area contributed by atoms with Gasteiger partial charge in [0.15, 0.2) is 0 Å². The first-order valence-electron chi connectivity index (χ1n) is 7.71. The minimum atomic E-state index is 0.659. The van der Waals surface area contributed by atoms with Crippen molar-refractivity contribution in [3.8, 4) is 0 Å². The summed E-state index contributed by atoms with van der Waals surface area (Å²) in [5, 5.41) is 0. The van der Waals surface area contributed by atoms with Gasteiger partial charge in [0.05, 0.1) is 12.7 Å². The zero-order valence-electron chi connectivity index (χ0n) is 12.1. The van der Waals surface area contributed by atoms with Crippen LogP contribution >= 0.6 is 0 Å². The second-order valence-electron chi connectivity index (χ2n) is 5.86. The molecule has 0 aromatic carbocycles. The normalized spacial score (nSPS) is 28.7. The topological polar surface area (TPSA) is 32.5 Å². The van der Waals surface area contributed by atoms with E-state index in [9.17, 15) is 0 Å². The van der Waals surface area contributed by atoms with Gasteiger partial charge >= 0.3 is 0 Å². The first kappa shape index (κ1) is 13.1. The fourth-order valence-corrected chi connectivity index (χ4v) is 3.49. The molecule has 2 aliphatic rings. The lowest BCUT2D eigenvalue weighted by atomic mass is 10.1. The van der Waals surface area contributed by atoms with Crippen LogP contribution < -0.4 is 0 Å². The Hall–Kier alpha value is -0.870. The molecule has 3 rings (SSSR count). The molecule has 0 bridgehead atoms. The summed E-state index contributed by atoms with van der Waals surface area (Å²) in [4.78, 5) is 9.67. The summed E-state index contributed by atoms with van der Waals surface area (Å²) >= 11 is 0. The molecule has 0 radical (unpaired) electrons. The highest BCUT2D eigenvalue weighted by Crippen LogP contribution is 2.26. The van der Waals surface area contributed by atoms with Crippen molar-refractivity contribution in [3.05, 3.63) is 17.8 Å². The second kappa shape index (κ2) is 5.63. The third kappa shape index (κ3) is 2.70. The highest BCUT2D eigenvalue weighted by atomic mass is 16.4. The van der Waals surface area contributed by atoms with Gasteiger partial charge in [-0.2, -0.15) is 0 Å². The summed E-state index contributed by atoms with van der Waals surface area (Å²) in [5.74, 6) is 1.89. The maximum absolute atomic E-state index is 5.77. The monoisotopic (exact) mass is 263 g/mol. The van der Waals surface area contributed by atoms with E-state index in [1.54, 1.807) is 0 Å². The van der Waals surface area contributed by atoms with Crippen LogP contribution in [-0.4, -0.2) is 46.5 Å². The van der Waals surface area contributed by atoms with Crippen LogP contribution in [0.25, 0.3) is 0 Å². The molecule has 0 spiro atoms. The molecule has 19 heavy (non-hydrogen) atoms. The Kier molecular flexibility index (Phi) is 3.89. The number of hydrogen-bond donors (Lipinski definition) is 0. The van der Waals surface area contributed by atoms with E-state index in [0.717, 1.165) is 30.7 Å². The first-order valence-corrected chi connectivity index (χ1v) is 7.71. The summed E-state index contributed by atoms with van der Waals surface area (Å²) in [6, 6.07) is 1.43. The fourth-order valence-electron chi connectivity index (χ4n) is 3.49. The van der Waals surface area contributed by atoms with Gasteiger partial charge in [0.25, 0.3) is 0 Å². The number of piperazine rings is 1. The average molecular weight is 263 g/mol. The number of aryl methyl sites for hydroxylation is 1. The van der Waals surface area contributed by atoms with Crippen molar-refractivity contribution >= 4 is 0 Å². The van der Waals surface area contributed by atoms with Crippen molar-refractivity contribution in [1.82, 2.24) is 14.8 Å². The van der Waals surface area contributed by atoms with Gasteiger partial charge in [-0.05, 0) is 25.8 Å². The van der Waals surface area contributed by atoms with Gasteiger partial charge in [-0.1, -0.05) is 13.8 Å². The van der Waals surface area contributed by atoms with Crippen LogP contribution in [0, 0.1) is 0 Å². The van der Waals surface area contributed by atoms with Crippen molar-refractivity contribution < 1.29 is 4.42 Å². The molecule has 2 aliphatic heterocycles. The van der Waals surface area contributed by atoms with Crippen molar-refractivity contribution in [2.75, 3.05) is 19.6 Å². The van der Waals surface area contributed by atoms with E-state index in [-0.39, 0.29) is 0 Å². The molecule has 3 heterocycles. The average Bonchev–Trinajstić information content (AvgIpc) is 3.06. The van der Waals surface area contributed by atoms with E-state index in [4.69, 9.17) is 4.42 Å². The zero-order valence-corrected chi connectivity index (χ0v) is 12.1. The minimum Gasteiger partial charge on any atom is -0.444 e. The summed E-state index contributed by atoms with van der Waals surface area (Å²) in [5.41, 5.74) is 0. The van der Waals surface area contributed by atoms with Crippen LogP contribution in [0.15, 0.2) is 10.6 Å². The minimum absolute atomic E-state index is 0.659. The third-order valence-corrected chi connectivity index (χ3v) is 4.67. The highest BCUT2D eigenvalue weighted by Gasteiger charge is 2.35. The molecule has 2 unspecified atom stereocenters. The molecule has 0 N–H and O–H groups in total. The number of oxazole rings is 1. The van der Waals surface area contributed by atoms with Gasteiger partial charge < -0.3 is 4.42 Å². The molecule has 0 aliphatic carbocycles. The molecule has 2 fully saturated rings. The Labute approximate surface area is 115 Å². The van der Waals surface area contributed by atoms with Crippen molar-refractivity contribution in [1.29, 1.82) is 0 Å². The van der Waals surface area contributed by atoms with E-state index in [1.807, 2.05) is 6.20 Å². The predicted octanol–water partition coefficient (Wildman–Crippen LogP) is 2.30. The number of nitrogens with zero attached hydrogens (tertiary/aromatic N) is 3. The standard InChI is InChI=1S/C15H25N3O/c1-3-12-9-17-7-5-6-13(17)10-18(12)11-15-16-8-14(4-2)19-15/h8,12-13H,3-7,9-11H2,1-2H3. The predicted molar refractivity (Wildman–Crippen MR) is 75.0 cm³/mol. The lowest BCUT2D eigenvalue weighted by Crippen LogP contribution is -2.55. The molecule has 106 valence electrons. The second-order valence-corrected chi connectivity index (χ2v) is 5.86. The largest absolute Gasteiger partial charge is 0.444 e. The third-order valence-electron chi connectivity index (χ3n) is 4.67. The molecule has 0 saturated carbocycles. The molecule has 2 atom stereocenters. The van der Waals surface area contributed by atoms with Crippen molar-refractivity contribution in [3.63, 3.8) is 0 Å². The molecule has 4 nitrogen and oxygen atoms in total. The number of rotatable bonds is 4. The van der Waals surface area contributed by atoms with E-state index in [0.29, 0.717) is 6.04 Å². The van der Waals surface area contributed by atoms with Crippen LogP contribution in [0.2, 0.25) is 0 Å². The van der Waals surface area contributed by atoms with E-state index >= 15 is 0 Å². The van der Waals surface area contributed by atoms with Gasteiger partial charge in [-0.3, -0.25) is 9.80 Å². The Bertz CT molecular complexity index is 417. The summed E-state index contributed by atoms with van der Waals surface area (Å²) < 4.78 is 5.77. The van der Waals surface area contributed by atoms with E-state index < -0.39 is 0 Å². The Balaban J connectivity index is 1.67. The molecular formula is C15H25N3O. The number of aromatic nitrogens is 1. The van der Waals surface area contributed by atoms with Gasteiger partial charge in [0, 0.05) is 31.6 Å². The zero-order chi connectivity index (χ0) is 13.2. The van der Waals surface area contributed by atoms with E-state index in [2.05, 4.69) is 28.6 Å². The van der Waals surface area contributed by atoms with Crippen LogP contribution in [0.3, 0.4) is 0 Å². The van der Waals surface area contributed by atoms with Crippen LogP contribution in [0.4, 0.5) is 0 Å². The van der Waals surface area contributed by atoms with Crippen molar-refractivity contribution in [2.45, 2.75) is 58.2 Å². The molecule has 2 saturated heterocycles. The number of hydrogen-bond acceptors (Lipinski definition) is 4. The smallest absolute Gasteiger partial charge is 0.208 e. The van der Waals surface area contributed by atoms with Gasteiger partial charge in [-0.15, -0.1) is 0 Å². The highest BCUT2D eigenvalue weighted by molar-refractivity contribution is 4.97. The van der Waals surface area contributed by atoms with Crippen LogP contribution in [0.1, 0.15) is 44.8 Å². The number of fused-ring (bicyclic) bond motifs is 1. The maximum atomic E-state index is 5.77. The Morgan fingerprint density at radius 2 is 2.26 bits per heavy atom. The van der Waals surface area contributed by atoms with Gasteiger partial charge in [-0.25, -0.2) is 4.98 Å². The summed E-state index contributed by atoms with van der Waals surface area (Å²) in [6.07, 6.45) is 6.75.